The predicted molar refractivity (Wildman–Crippen MR) is 301 cm³/mol. The molecule has 2 unspecified atom stereocenters. The summed E-state index contributed by atoms with van der Waals surface area (Å²) in [5.41, 5.74) is 0.409. The second-order valence-electron chi connectivity index (χ2n) is 20.1. The van der Waals surface area contributed by atoms with Gasteiger partial charge in [0.15, 0.2) is 12.9 Å². The van der Waals surface area contributed by atoms with Crippen molar-refractivity contribution in [3.8, 4) is 189 Å². The molecule has 10 nitrogen and oxygen atoms in total. The lowest BCUT2D eigenvalue weighted by Gasteiger charge is -2.61. The fraction of sp³-hybridized carbons (Fsp3) is 0.471. The van der Waals surface area contributed by atoms with Crippen molar-refractivity contribution in [1.29, 1.82) is 0 Å². The minimum Gasteiger partial charge on any atom is -0.455 e. The Kier molecular flexibility index (Phi) is 27.6. The van der Waals surface area contributed by atoms with Crippen molar-refractivity contribution in [2.75, 3.05) is 20.0 Å². The molecule has 10 atom stereocenters. The molecule has 0 N–H and O–H groups in total. The van der Waals surface area contributed by atoms with Crippen LogP contribution in [0.25, 0.3) is 0 Å². The van der Waals surface area contributed by atoms with Crippen LogP contribution in [0.1, 0.15) is 126 Å². The lowest BCUT2D eigenvalue weighted by Crippen LogP contribution is -2.54. The average Bonchev–Trinajstić information content (AvgIpc) is 3.92. The summed E-state index contributed by atoms with van der Waals surface area (Å²) in [6.45, 7) is 12.6. The Morgan fingerprint density at radius 3 is 1.38 bits per heavy atom. The number of ketones is 1. The first-order valence-electron chi connectivity index (χ1n) is 26.4. The van der Waals surface area contributed by atoms with Gasteiger partial charge in [-0.05, 0) is 297 Å². The second-order valence-corrected chi connectivity index (χ2v) is 20.1. The summed E-state index contributed by atoms with van der Waals surface area (Å²) in [6.07, 6.45) is 9.31. The van der Waals surface area contributed by atoms with E-state index in [-0.39, 0.29) is 60.3 Å². The van der Waals surface area contributed by atoms with Crippen molar-refractivity contribution in [2.45, 2.75) is 138 Å². The van der Waals surface area contributed by atoms with Gasteiger partial charge >= 0.3 is 23.9 Å². The molecule has 400 valence electrons. The Labute approximate surface area is 474 Å². The number of carbonyl (C=O) groups excluding carboxylic acids is 5. The third kappa shape index (κ3) is 22.2. The summed E-state index contributed by atoms with van der Waals surface area (Å²) in [7, 11) is 0. The average molecular weight is 1060 g/mol. The van der Waals surface area contributed by atoms with E-state index < -0.39 is 37.2 Å². The van der Waals surface area contributed by atoms with Crippen LogP contribution in [0.4, 0.5) is 0 Å². The number of hydrogen-bond acceptors (Lipinski definition) is 10. The molecular formula is C70H60O10. The quantitative estimate of drug-likeness (QED) is 0.0578. The number of fused-ring (bicyclic) bond motifs is 5. The van der Waals surface area contributed by atoms with Gasteiger partial charge in [-0.15, -0.1) is 0 Å². The Hall–Kier alpha value is -9.53. The predicted octanol–water partition coefficient (Wildman–Crippen LogP) is 6.66. The molecule has 0 aliphatic heterocycles. The highest BCUT2D eigenvalue weighted by Gasteiger charge is 2.60. The fourth-order valence-electron chi connectivity index (χ4n) is 11.5. The maximum absolute atomic E-state index is 13.2. The van der Waals surface area contributed by atoms with Gasteiger partial charge in [0.05, 0.1) is 6.10 Å². The lowest BCUT2D eigenvalue weighted by atomic mass is 9.44. The van der Waals surface area contributed by atoms with E-state index in [0.29, 0.717) is 35.9 Å². The van der Waals surface area contributed by atoms with E-state index in [1.165, 1.54) is 25.7 Å². The van der Waals surface area contributed by atoms with Gasteiger partial charge in [0.25, 0.3) is 0 Å². The maximum atomic E-state index is 13.2. The van der Waals surface area contributed by atoms with Crippen LogP contribution in [0.2, 0.25) is 0 Å². The summed E-state index contributed by atoms with van der Waals surface area (Å²) < 4.78 is 27.7. The molecule has 4 rings (SSSR count). The largest absolute Gasteiger partial charge is 0.455 e. The molecule has 0 spiro atoms. The van der Waals surface area contributed by atoms with Gasteiger partial charge in [0.2, 0.25) is 0 Å². The molecule has 4 fully saturated rings. The van der Waals surface area contributed by atoms with E-state index in [4.69, 9.17) is 23.7 Å². The molecule has 0 bridgehead atoms. The van der Waals surface area contributed by atoms with E-state index >= 15 is 0 Å². The zero-order chi connectivity index (χ0) is 57.9. The topological polar surface area (TPSA) is 132 Å². The lowest BCUT2D eigenvalue weighted by molar-refractivity contribution is -0.174. The van der Waals surface area contributed by atoms with E-state index in [0.717, 1.165) is 32.1 Å². The fourth-order valence-corrected chi connectivity index (χ4v) is 11.5. The molecule has 4 aliphatic rings. The van der Waals surface area contributed by atoms with Gasteiger partial charge in [-0.1, -0.05) is 39.5 Å². The third-order valence-electron chi connectivity index (χ3n) is 14.8. The normalized spacial score (nSPS) is 21.9. The minimum atomic E-state index is -1.23. The monoisotopic (exact) mass is 1060 g/mol. The number of ether oxygens (including phenoxy) is 5. The van der Waals surface area contributed by atoms with Crippen molar-refractivity contribution < 1.29 is 47.7 Å². The number of rotatable bonds is 15. The summed E-state index contributed by atoms with van der Waals surface area (Å²) in [5.74, 6) is 78.3. The zero-order valence-electron chi connectivity index (χ0n) is 46.4. The molecule has 0 amide bonds. The Balaban J connectivity index is 1.24. The minimum absolute atomic E-state index is 0.0346. The Morgan fingerprint density at radius 2 is 0.912 bits per heavy atom. The highest BCUT2D eigenvalue weighted by atomic mass is 16.7. The summed E-state index contributed by atoms with van der Waals surface area (Å²) in [4.78, 5) is 63.6. The summed E-state index contributed by atoms with van der Waals surface area (Å²) >= 11 is 0. The molecule has 0 aromatic rings. The van der Waals surface area contributed by atoms with Gasteiger partial charge < -0.3 is 23.7 Å². The molecule has 4 saturated carbocycles. The van der Waals surface area contributed by atoms with Crippen LogP contribution >= 0.6 is 0 Å². The van der Waals surface area contributed by atoms with Crippen LogP contribution in [0.5, 0.6) is 0 Å². The van der Waals surface area contributed by atoms with Crippen LogP contribution < -0.4 is 0 Å². The number of Topliss-reactive ketones (excluding diaryl/α,β-unsaturated/α-hetero) is 1. The molecule has 0 aromatic heterocycles. The molecule has 0 saturated heterocycles. The third-order valence-corrected chi connectivity index (χ3v) is 14.8. The Bertz CT molecular complexity index is 3300. The highest BCUT2D eigenvalue weighted by Crippen LogP contribution is 2.67. The molecule has 0 aromatic carbocycles. The first-order chi connectivity index (χ1) is 38.7. The first-order valence-corrected chi connectivity index (χ1v) is 26.4. The van der Waals surface area contributed by atoms with Crippen LogP contribution in [0, 0.1) is 242 Å². The van der Waals surface area contributed by atoms with Gasteiger partial charge in [-0.2, -0.15) is 0 Å². The standard InChI is InChI=1S/C70H60O10/c1-8-10-12-14-16-18-20-22-24-26-28-30-32-34-36-38-65(72)76-52-60(53-77-66(73)39-37-35-33-31-29-27-25-23-21-19-17-15-13-11-9-2)80-68(75)50-56(4)48-55(3)49-67(74)79-54-78-59-44-46-69(6)58(51-59)40-41-61-63-43-42-62(57(5)71)70(63,7)47-45-64(61)69/h55-56,58-64H,40-54H2,1-7H3/t55?,56?,58-,59-,61-,62+,63-,64-,69-,70+/m0/s1. The van der Waals surface area contributed by atoms with Gasteiger partial charge in [-0.25, -0.2) is 9.59 Å². The van der Waals surface area contributed by atoms with E-state index in [1.807, 2.05) is 13.8 Å². The van der Waals surface area contributed by atoms with E-state index in [1.54, 1.807) is 20.8 Å². The molecule has 80 heavy (non-hydrogen) atoms. The Morgan fingerprint density at radius 1 is 0.487 bits per heavy atom. The maximum Gasteiger partial charge on any atom is 0.385 e. The zero-order valence-corrected chi connectivity index (χ0v) is 46.4. The molecule has 4 aliphatic carbocycles. The molecule has 0 heterocycles. The molecule has 0 radical (unpaired) electrons. The number of carbonyl (C=O) groups is 5. The second kappa shape index (κ2) is 35.0. The first kappa shape index (κ1) is 63.0. The van der Waals surface area contributed by atoms with Gasteiger partial charge in [-0.3, -0.25) is 14.4 Å². The smallest absolute Gasteiger partial charge is 0.385 e. The van der Waals surface area contributed by atoms with Crippen LogP contribution in [0.3, 0.4) is 0 Å². The van der Waals surface area contributed by atoms with E-state index in [9.17, 15) is 24.0 Å². The summed E-state index contributed by atoms with van der Waals surface area (Å²) in [6, 6.07) is 0. The van der Waals surface area contributed by atoms with E-state index in [2.05, 4.69) is 203 Å². The summed E-state index contributed by atoms with van der Waals surface area (Å²) in [5, 5.41) is 0. The van der Waals surface area contributed by atoms with Gasteiger partial charge in [0, 0.05) is 30.6 Å². The van der Waals surface area contributed by atoms with Crippen molar-refractivity contribution in [3.63, 3.8) is 0 Å². The van der Waals surface area contributed by atoms with Crippen LogP contribution in [-0.2, 0) is 47.7 Å². The van der Waals surface area contributed by atoms with Crippen molar-refractivity contribution in [1.82, 2.24) is 0 Å². The number of esters is 4. The highest BCUT2D eigenvalue weighted by molar-refractivity contribution is 5.89. The molecule has 10 heteroatoms. The van der Waals surface area contributed by atoms with Crippen LogP contribution in [-0.4, -0.2) is 61.9 Å². The molecular weight excluding hydrogens is 1000 g/mol. The van der Waals surface area contributed by atoms with Crippen LogP contribution in [0.15, 0.2) is 0 Å². The number of hydrogen-bond donors (Lipinski definition) is 0. The van der Waals surface area contributed by atoms with Crippen molar-refractivity contribution in [2.24, 2.45) is 52.3 Å². The van der Waals surface area contributed by atoms with Crippen molar-refractivity contribution in [3.05, 3.63) is 0 Å². The van der Waals surface area contributed by atoms with Gasteiger partial charge in [0.1, 0.15) is 19.0 Å². The van der Waals surface area contributed by atoms with Crippen molar-refractivity contribution >= 4 is 29.7 Å². The SMILES string of the molecule is CC#CC#CC#CC#CC#CC#CC#CC#CC(=O)OCC(COC(=O)C#CC#CC#CC#CC#CC#CC#CC#CC)OC(=O)CC(C)CC(C)CC(=O)OCO[C@H]1CC[C@@]2(C)[C@@H](CC[C@@H]3[C@@H]2CC[C@]2(C)[C@@H](C(C)=O)CC[C@@H]32)C1.